The van der Waals surface area contributed by atoms with Gasteiger partial charge in [-0.05, 0) is 58.1 Å². The lowest BCUT2D eigenvalue weighted by molar-refractivity contribution is 0.199. The molecule has 2 aromatic carbocycles. The molecule has 0 heterocycles. The molecule has 20 heavy (non-hydrogen) atoms. The summed E-state index contributed by atoms with van der Waals surface area (Å²) in [6.45, 7) is 6.04. The van der Waals surface area contributed by atoms with Crippen molar-refractivity contribution in [2.45, 2.75) is 32.8 Å². The fraction of sp³-hybridized carbons (Fsp3) is 0.294. The summed E-state index contributed by atoms with van der Waals surface area (Å²) >= 11 is 3.50. The van der Waals surface area contributed by atoms with Crippen molar-refractivity contribution in [2.24, 2.45) is 0 Å². The number of para-hydroxylation sites is 1. The van der Waals surface area contributed by atoms with Crippen LogP contribution in [0, 0.1) is 0 Å². The largest absolute Gasteiger partial charge is 0.456 e. The molecular formula is C17H19BrO2. The van der Waals surface area contributed by atoms with E-state index < -0.39 is 6.10 Å². The molecule has 0 amide bonds. The van der Waals surface area contributed by atoms with E-state index in [0.717, 1.165) is 21.5 Å². The summed E-state index contributed by atoms with van der Waals surface area (Å²) in [5, 5.41) is 9.58. The lowest BCUT2D eigenvalue weighted by atomic mass is 10.0. The van der Waals surface area contributed by atoms with E-state index in [2.05, 4.69) is 35.8 Å². The number of ether oxygens (including phenoxy) is 1. The summed E-state index contributed by atoms with van der Waals surface area (Å²) in [5.41, 5.74) is 2.04. The Balaban J connectivity index is 2.31. The van der Waals surface area contributed by atoms with Crippen molar-refractivity contribution >= 4 is 15.9 Å². The predicted molar refractivity (Wildman–Crippen MR) is 85.4 cm³/mol. The van der Waals surface area contributed by atoms with Gasteiger partial charge in [0.25, 0.3) is 0 Å². The van der Waals surface area contributed by atoms with Gasteiger partial charge < -0.3 is 9.84 Å². The van der Waals surface area contributed by atoms with Gasteiger partial charge in [-0.3, -0.25) is 0 Å². The number of rotatable bonds is 4. The Morgan fingerprint density at radius 3 is 2.30 bits per heavy atom. The normalized spacial score (nSPS) is 12.5. The Labute approximate surface area is 128 Å². The molecule has 0 aliphatic rings. The third-order valence-electron chi connectivity index (χ3n) is 3.20. The quantitative estimate of drug-likeness (QED) is 0.809. The maximum Gasteiger partial charge on any atom is 0.141 e. The van der Waals surface area contributed by atoms with Crippen molar-refractivity contribution in [2.75, 3.05) is 0 Å². The van der Waals surface area contributed by atoms with Gasteiger partial charge in [0.2, 0.25) is 0 Å². The SMILES string of the molecule is CC(C)c1ccccc1Oc1ccc([C@H](C)O)cc1Br. The molecule has 0 aliphatic carbocycles. The lowest BCUT2D eigenvalue weighted by Crippen LogP contribution is -1.95. The van der Waals surface area contributed by atoms with Gasteiger partial charge in [0, 0.05) is 0 Å². The zero-order valence-electron chi connectivity index (χ0n) is 11.9. The van der Waals surface area contributed by atoms with E-state index >= 15 is 0 Å². The Morgan fingerprint density at radius 1 is 1.00 bits per heavy atom. The van der Waals surface area contributed by atoms with Gasteiger partial charge in [0.15, 0.2) is 0 Å². The van der Waals surface area contributed by atoms with Crippen LogP contribution in [0.4, 0.5) is 0 Å². The van der Waals surface area contributed by atoms with Crippen molar-refractivity contribution in [1.29, 1.82) is 0 Å². The number of hydrogen-bond donors (Lipinski definition) is 1. The van der Waals surface area contributed by atoms with Crippen LogP contribution in [-0.2, 0) is 0 Å². The third-order valence-corrected chi connectivity index (χ3v) is 3.82. The standard InChI is InChI=1S/C17H19BrO2/c1-11(2)14-6-4-5-7-16(14)20-17-9-8-13(12(3)19)10-15(17)18/h4-12,19H,1-3H3/t12-/m0/s1. The highest BCUT2D eigenvalue weighted by atomic mass is 79.9. The number of aliphatic hydroxyl groups excluding tert-OH is 1. The number of hydrogen-bond acceptors (Lipinski definition) is 2. The Bertz CT molecular complexity index is 591. The Hall–Kier alpha value is -1.32. The van der Waals surface area contributed by atoms with E-state index in [1.807, 2.05) is 36.4 Å². The van der Waals surface area contributed by atoms with Gasteiger partial charge >= 0.3 is 0 Å². The molecule has 0 saturated heterocycles. The Kier molecular flexibility index (Phi) is 4.84. The summed E-state index contributed by atoms with van der Waals surface area (Å²) in [4.78, 5) is 0. The molecule has 0 spiro atoms. The second-order valence-electron chi connectivity index (χ2n) is 5.16. The molecule has 1 N–H and O–H groups in total. The molecule has 0 fully saturated rings. The molecule has 2 rings (SSSR count). The zero-order valence-corrected chi connectivity index (χ0v) is 13.5. The highest BCUT2D eigenvalue weighted by molar-refractivity contribution is 9.10. The summed E-state index contributed by atoms with van der Waals surface area (Å²) in [5.74, 6) is 2.03. The van der Waals surface area contributed by atoms with Crippen molar-refractivity contribution < 1.29 is 9.84 Å². The van der Waals surface area contributed by atoms with E-state index in [4.69, 9.17) is 4.74 Å². The van der Waals surface area contributed by atoms with E-state index in [-0.39, 0.29) is 0 Å². The maximum absolute atomic E-state index is 9.58. The van der Waals surface area contributed by atoms with Crippen LogP contribution < -0.4 is 4.74 Å². The molecule has 0 saturated carbocycles. The van der Waals surface area contributed by atoms with Gasteiger partial charge in [-0.15, -0.1) is 0 Å². The molecule has 2 nitrogen and oxygen atoms in total. The van der Waals surface area contributed by atoms with Gasteiger partial charge in [-0.2, -0.15) is 0 Å². The second-order valence-corrected chi connectivity index (χ2v) is 6.01. The van der Waals surface area contributed by atoms with E-state index in [1.54, 1.807) is 6.92 Å². The number of benzene rings is 2. The van der Waals surface area contributed by atoms with Crippen molar-refractivity contribution in [3.05, 3.63) is 58.1 Å². The highest BCUT2D eigenvalue weighted by Gasteiger charge is 2.11. The molecule has 2 aromatic rings. The summed E-state index contributed by atoms with van der Waals surface area (Å²) in [6, 6.07) is 13.7. The number of aliphatic hydroxyl groups is 1. The van der Waals surface area contributed by atoms with E-state index in [9.17, 15) is 5.11 Å². The van der Waals surface area contributed by atoms with E-state index in [1.165, 1.54) is 5.56 Å². The van der Waals surface area contributed by atoms with Crippen LogP contribution in [0.3, 0.4) is 0 Å². The van der Waals surface area contributed by atoms with Gasteiger partial charge in [0.05, 0.1) is 10.6 Å². The fourth-order valence-electron chi connectivity index (χ4n) is 2.03. The van der Waals surface area contributed by atoms with Crippen LogP contribution >= 0.6 is 15.9 Å². The molecule has 0 aliphatic heterocycles. The first-order chi connectivity index (χ1) is 9.49. The first-order valence-electron chi connectivity index (χ1n) is 6.73. The van der Waals surface area contributed by atoms with E-state index in [0.29, 0.717) is 5.92 Å². The molecule has 0 radical (unpaired) electrons. The lowest BCUT2D eigenvalue weighted by Gasteiger charge is -2.15. The van der Waals surface area contributed by atoms with Crippen LogP contribution in [0.25, 0.3) is 0 Å². The van der Waals surface area contributed by atoms with Crippen LogP contribution in [0.1, 0.15) is 43.9 Å². The second kappa shape index (κ2) is 6.42. The third kappa shape index (κ3) is 3.41. The summed E-state index contributed by atoms with van der Waals surface area (Å²) < 4.78 is 6.85. The molecule has 1 atom stereocenters. The van der Waals surface area contributed by atoms with Crippen LogP contribution in [0.15, 0.2) is 46.9 Å². The summed E-state index contributed by atoms with van der Waals surface area (Å²) in [7, 11) is 0. The maximum atomic E-state index is 9.58. The average molecular weight is 335 g/mol. The van der Waals surface area contributed by atoms with Crippen molar-refractivity contribution in [3.8, 4) is 11.5 Å². The minimum absolute atomic E-state index is 0.404. The average Bonchev–Trinajstić information content (AvgIpc) is 2.41. The van der Waals surface area contributed by atoms with Gasteiger partial charge in [-0.25, -0.2) is 0 Å². The smallest absolute Gasteiger partial charge is 0.141 e. The van der Waals surface area contributed by atoms with Gasteiger partial charge in [0.1, 0.15) is 11.5 Å². The molecule has 106 valence electrons. The van der Waals surface area contributed by atoms with Gasteiger partial charge in [-0.1, -0.05) is 38.1 Å². The molecule has 0 aromatic heterocycles. The molecule has 3 heteroatoms. The molecular weight excluding hydrogens is 316 g/mol. The van der Waals surface area contributed by atoms with Crippen LogP contribution in [0.5, 0.6) is 11.5 Å². The Morgan fingerprint density at radius 2 is 1.70 bits per heavy atom. The first kappa shape index (κ1) is 15.1. The predicted octanol–water partition coefficient (Wildman–Crippen LogP) is 5.42. The summed E-state index contributed by atoms with van der Waals surface area (Å²) in [6.07, 6.45) is -0.483. The minimum Gasteiger partial charge on any atom is -0.456 e. The number of halogens is 1. The molecule has 0 bridgehead atoms. The molecule has 0 unspecified atom stereocenters. The first-order valence-corrected chi connectivity index (χ1v) is 7.52. The van der Waals surface area contributed by atoms with Crippen molar-refractivity contribution in [3.63, 3.8) is 0 Å². The fourth-order valence-corrected chi connectivity index (χ4v) is 2.51. The van der Waals surface area contributed by atoms with Crippen LogP contribution in [-0.4, -0.2) is 5.11 Å². The highest BCUT2D eigenvalue weighted by Crippen LogP contribution is 2.35. The topological polar surface area (TPSA) is 29.5 Å². The van der Waals surface area contributed by atoms with Crippen LogP contribution in [0.2, 0.25) is 0 Å². The zero-order chi connectivity index (χ0) is 14.7. The van der Waals surface area contributed by atoms with Crippen molar-refractivity contribution in [1.82, 2.24) is 0 Å². The monoisotopic (exact) mass is 334 g/mol. The minimum atomic E-state index is -0.483.